The molecule has 0 saturated carbocycles. The second-order valence-corrected chi connectivity index (χ2v) is 3.27. The summed E-state index contributed by atoms with van der Waals surface area (Å²) in [6.45, 7) is 4.24. The van der Waals surface area contributed by atoms with Gasteiger partial charge < -0.3 is 15.6 Å². The van der Waals surface area contributed by atoms with Crippen LogP contribution >= 0.6 is 0 Å². The van der Waals surface area contributed by atoms with Crippen LogP contribution in [0.5, 0.6) is 5.75 Å². The molecule has 3 nitrogen and oxygen atoms in total. The van der Waals surface area contributed by atoms with E-state index in [4.69, 9.17) is 10.5 Å². The summed E-state index contributed by atoms with van der Waals surface area (Å²) in [4.78, 5) is 0. The Morgan fingerprint density at radius 2 is 2.21 bits per heavy atom. The van der Waals surface area contributed by atoms with Gasteiger partial charge in [0.1, 0.15) is 5.75 Å². The third-order valence-electron chi connectivity index (χ3n) is 2.07. The number of hydrogen-bond acceptors (Lipinski definition) is 3. The highest BCUT2D eigenvalue weighted by atomic mass is 16.5. The average molecular weight is 195 g/mol. The Bertz CT molecular complexity index is 286. The summed E-state index contributed by atoms with van der Waals surface area (Å²) in [5, 5.41) is 9.33. The highest BCUT2D eigenvalue weighted by Gasteiger charge is 2.11. The Hall–Kier alpha value is -1.06. The minimum Gasteiger partial charge on any atom is -0.494 e. The second kappa shape index (κ2) is 4.98. The van der Waals surface area contributed by atoms with E-state index in [1.165, 1.54) is 0 Å². The molecule has 2 atom stereocenters. The fourth-order valence-electron chi connectivity index (χ4n) is 1.26. The van der Waals surface area contributed by atoms with Crippen LogP contribution in [-0.4, -0.2) is 17.8 Å². The van der Waals surface area contributed by atoms with Crippen molar-refractivity contribution in [1.82, 2.24) is 0 Å². The monoisotopic (exact) mass is 195 g/mol. The van der Waals surface area contributed by atoms with Gasteiger partial charge in [-0.15, -0.1) is 0 Å². The van der Waals surface area contributed by atoms with Crippen molar-refractivity contribution in [3.63, 3.8) is 0 Å². The molecule has 78 valence electrons. The normalized spacial score (nSPS) is 14.9. The molecule has 3 N–H and O–H groups in total. The van der Waals surface area contributed by atoms with Gasteiger partial charge in [0.15, 0.2) is 0 Å². The Labute approximate surface area is 84.5 Å². The fraction of sp³-hybridized carbons (Fsp3) is 0.455. The van der Waals surface area contributed by atoms with Crippen molar-refractivity contribution in [2.24, 2.45) is 5.73 Å². The van der Waals surface area contributed by atoms with Gasteiger partial charge in [-0.05, 0) is 31.5 Å². The van der Waals surface area contributed by atoms with Crippen LogP contribution in [0, 0.1) is 0 Å². The Balaban J connectivity index is 2.82. The van der Waals surface area contributed by atoms with E-state index in [1.54, 1.807) is 6.92 Å². The van der Waals surface area contributed by atoms with Crippen LogP contribution in [0.3, 0.4) is 0 Å². The number of ether oxygens (including phenoxy) is 1. The largest absolute Gasteiger partial charge is 0.494 e. The van der Waals surface area contributed by atoms with Crippen LogP contribution in [0.1, 0.15) is 25.5 Å². The van der Waals surface area contributed by atoms with Crippen LogP contribution in [0.2, 0.25) is 0 Å². The molecule has 14 heavy (non-hydrogen) atoms. The third-order valence-corrected chi connectivity index (χ3v) is 2.07. The van der Waals surface area contributed by atoms with E-state index in [0.29, 0.717) is 6.61 Å². The first kappa shape index (κ1) is 11.0. The van der Waals surface area contributed by atoms with Crippen LogP contribution in [0.4, 0.5) is 0 Å². The van der Waals surface area contributed by atoms with Crippen LogP contribution < -0.4 is 10.5 Å². The minimum absolute atomic E-state index is 0.351. The van der Waals surface area contributed by atoms with Gasteiger partial charge in [-0.1, -0.05) is 12.1 Å². The van der Waals surface area contributed by atoms with Crippen molar-refractivity contribution < 1.29 is 9.84 Å². The van der Waals surface area contributed by atoms with E-state index in [9.17, 15) is 5.11 Å². The fourth-order valence-corrected chi connectivity index (χ4v) is 1.26. The van der Waals surface area contributed by atoms with Crippen molar-refractivity contribution in [2.45, 2.75) is 26.0 Å². The summed E-state index contributed by atoms with van der Waals surface area (Å²) < 4.78 is 5.34. The van der Waals surface area contributed by atoms with Crippen LogP contribution in [0.25, 0.3) is 0 Å². The molecule has 1 aromatic carbocycles. The zero-order valence-electron chi connectivity index (χ0n) is 8.60. The zero-order valence-corrected chi connectivity index (χ0v) is 8.60. The zero-order chi connectivity index (χ0) is 10.6. The molecule has 3 heteroatoms. The molecule has 0 bridgehead atoms. The molecule has 1 rings (SSSR count). The Morgan fingerprint density at radius 3 is 2.79 bits per heavy atom. The highest BCUT2D eigenvalue weighted by Crippen LogP contribution is 2.19. The van der Waals surface area contributed by atoms with Gasteiger partial charge in [-0.2, -0.15) is 0 Å². The number of benzene rings is 1. The lowest BCUT2D eigenvalue weighted by Gasteiger charge is -2.15. The number of aliphatic hydroxyl groups excluding tert-OH is 1. The topological polar surface area (TPSA) is 55.5 Å². The summed E-state index contributed by atoms with van der Waals surface area (Å²) in [5.41, 5.74) is 6.69. The minimum atomic E-state index is -0.549. The van der Waals surface area contributed by atoms with Crippen LogP contribution in [-0.2, 0) is 0 Å². The van der Waals surface area contributed by atoms with Crippen molar-refractivity contribution in [3.05, 3.63) is 29.8 Å². The van der Waals surface area contributed by atoms with E-state index < -0.39 is 6.10 Å². The van der Waals surface area contributed by atoms with Crippen molar-refractivity contribution in [2.75, 3.05) is 6.61 Å². The van der Waals surface area contributed by atoms with Gasteiger partial charge in [0.2, 0.25) is 0 Å². The van der Waals surface area contributed by atoms with Crippen molar-refractivity contribution >= 4 is 0 Å². The maximum atomic E-state index is 9.33. The molecule has 0 fully saturated rings. The summed E-state index contributed by atoms with van der Waals surface area (Å²) in [6.07, 6.45) is -0.549. The van der Waals surface area contributed by atoms with Gasteiger partial charge >= 0.3 is 0 Å². The predicted octanol–water partition coefficient (Wildman–Crippen LogP) is 1.47. The standard InChI is InChI=1S/C11H17NO2/c1-3-14-10-6-4-5-9(7-10)11(12)8(2)13/h4-8,11,13H,3,12H2,1-2H3/t8-,11-/m0/s1. The van der Waals surface area contributed by atoms with Crippen LogP contribution in [0.15, 0.2) is 24.3 Å². The summed E-state index contributed by atoms with van der Waals surface area (Å²) >= 11 is 0. The van der Waals surface area contributed by atoms with Gasteiger partial charge in [0.25, 0.3) is 0 Å². The molecule has 0 unspecified atom stereocenters. The number of nitrogens with two attached hydrogens (primary N) is 1. The Morgan fingerprint density at radius 1 is 1.50 bits per heavy atom. The molecule has 0 aromatic heterocycles. The molecule has 0 spiro atoms. The molecule has 0 aliphatic rings. The van der Waals surface area contributed by atoms with Crippen molar-refractivity contribution in [1.29, 1.82) is 0 Å². The quantitative estimate of drug-likeness (QED) is 0.764. The molecule has 0 aliphatic carbocycles. The maximum Gasteiger partial charge on any atom is 0.119 e. The van der Waals surface area contributed by atoms with Gasteiger partial charge in [-0.25, -0.2) is 0 Å². The van der Waals surface area contributed by atoms with E-state index >= 15 is 0 Å². The lowest BCUT2D eigenvalue weighted by Crippen LogP contribution is -2.23. The van der Waals surface area contributed by atoms with Gasteiger partial charge in [0, 0.05) is 0 Å². The predicted molar refractivity (Wildman–Crippen MR) is 56.2 cm³/mol. The average Bonchev–Trinajstić information content (AvgIpc) is 2.17. The summed E-state index contributed by atoms with van der Waals surface area (Å²) in [7, 11) is 0. The maximum absolute atomic E-state index is 9.33. The smallest absolute Gasteiger partial charge is 0.119 e. The molecule has 0 heterocycles. The van der Waals surface area contributed by atoms with Crippen molar-refractivity contribution in [3.8, 4) is 5.75 Å². The number of rotatable bonds is 4. The van der Waals surface area contributed by atoms with Gasteiger partial charge in [0.05, 0.1) is 18.8 Å². The first-order valence-electron chi connectivity index (χ1n) is 4.81. The van der Waals surface area contributed by atoms with E-state index in [1.807, 2.05) is 31.2 Å². The summed E-state index contributed by atoms with van der Waals surface area (Å²) in [6, 6.07) is 7.15. The molecular formula is C11H17NO2. The van der Waals surface area contributed by atoms with E-state index in [0.717, 1.165) is 11.3 Å². The van der Waals surface area contributed by atoms with Gasteiger partial charge in [-0.3, -0.25) is 0 Å². The molecule has 0 aliphatic heterocycles. The molecule has 0 radical (unpaired) electrons. The molecule has 0 amide bonds. The van der Waals surface area contributed by atoms with E-state index in [2.05, 4.69) is 0 Å². The third kappa shape index (κ3) is 2.72. The number of aliphatic hydroxyl groups is 1. The lowest BCUT2D eigenvalue weighted by atomic mass is 10.0. The first-order chi connectivity index (χ1) is 6.65. The summed E-state index contributed by atoms with van der Waals surface area (Å²) in [5.74, 6) is 0.793. The molecular weight excluding hydrogens is 178 g/mol. The Kier molecular flexibility index (Phi) is 3.92. The lowest BCUT2D eigenvalue weighted by molar-refractivity contribution is 0.164. The SMILES string of the molecule is CCOc1cccc([C@@H](N)[C@H](C)O)c1. The second-order valence-electron chi connectivity index (χ2n) is 3.27. The van der Waals surface area contributed by atoms with E-state index in [-0.39, 0.29) is 6.04 Å². The highest BCUT2D eigenvalue weighted by molar-refractivity contribution is 5.30. The first-order valence-corrected chi connectivity index (χ1v) is 4.81. The number of hydrogen-bond donors (Lipinski definition) is 2. The molecule has 1 aromatic rings. The molecule has 0 saturated heterocycles.